The van der Waals surface area contributed by atoms with Crippen molar-refractivity contribution in [3.05, 3.63) is 60.2 Å². The highest BCUT2D eigenvalue weighted by molar-refractivity contribution is 6.50. The van der Waals surface area contributed by atoms with Gasteiger partial charge in [-0.05, 0) is 35.7 Å². The smallest absolute Gasteiger partial charge is 0.416 e. The lowest BCUT2D eigenvalue weighted by Gasteiger charge is -2.11. The maximum Gasteiger partial charge on any atom is 0.416 e. The molecule has 0 amide bonds. The second-order valence-corrected chi connectivity index (χ2v) is 5.21. The minimum atomic E-state index is -4.49. The van der Waals surface area contributed by atoms with Crippen LogP contribution in [0.3, 0.4) is 0 Å². The summed E-state index contributed by atoms with van der Waals surface area (Å²) in [5.74, 6) is 0.0101. The van der Waals surface area contributed by atoms with Crippen LogP contribution in [0.2, 0.25) is 0 Å². The molecule has 2 aromatic carbocycles. The van der Waals surface area contributed by atoms with Crippen LogP contribution < -0.4 is 5.43 Å². The van der Waals surface area contributed by atoms with E-state index in [1.54, 1.807) is 6.07 Å². The third-order valence-corrected chi connectivity index (χ3v) is 3.60. The van der Waals surface area contributed by atoms with Crippen LogP contribution >= 0.6 is 0 Å². The second-order valence-electron chi connectivity index (χ2n) is 5.21. The molecule has 0 unspecified atom stereocenters. The molecule has 1 aliphatic rings. The van der Waals surface area contributed by atoms with Crippen molar-refractivity contribution in [2.24, 2.45) is 5.10 Å². The first kappa shape index (κ1) is 15.9. The third-order valence-electron chi connectivity index (χ3n) is 3.60. The standard InChI is InChI=1S/C17H12F3N3O/c18-17(19,20)11-6-7-14(13(21)9-11)22-23-16-12-4-2-1-3-10(12)5-8-15(16)24/h1-9,21,23-24H/p+1/b21-13?,22-14-. The molecule has 4 N–H and O–H groups in total. The van der Waals surface area contributed by atoms with Crippen LogP contribution in [0.15, 0.2) is 65.3 Å². The van der Waals surface area contributed by atoms with Gasteiger partial charge in [0, 0.05) is 5.39 Å². The van der Waals surface area contributed by atoms with Gasteiger partial charge in [0.15, 0.2) is 5.75 Å². The predicted octanol–water partition coefficient (Wildman–Crippen LogP) is 3.17. The number of benzene rings is 2. The summed E-state index contributed by atoms with van der Waals surface area (Å²) < 4.78 is 37.9. The van der Waals surface area contributed by atoms with Gasteiger partial charge < -0.3 is 5.11 Å². The molecule has 0 heterocycles. The van der Waals surface area contributed by atoms with Gasteiger partial charge in [-0.3, -0.25) is 5.41 Å². The van der Waals surface area contributed by atoms with Crippen molar-refractivity contribution in [3.63, 3.8) is 0 Å². The van der Waals surface area contributed by atoms with Gasteiger partial charge in [-0.2, -0.15) is 18.6 Å². The Hall–Kier alpha value is -2.93. The molecule has 0 aliphatic heterocycles. The minimum absolute atomic E-state index is 0.0101. The first-order valence-electron chi connectivity index (χ1n) is 7.04. The average molecular weight is 332 g/mol. The van der Waals surface area contributed by atoms with Crippen LogP contribution in [0, 0.1) is 5.41 Å². The van der Waals surface area contributed by atoms with Gasteiger partial charge in [-0.15, -0.1) is 0 Å². The van der Waals surface area contributed by atoms with E-state index in [2.05, 4.69) is 5.10 Å². The zero-order chi connectivity index (χ0) is 17.3. The Kier molecular flexibility index (Phi) is 3.94. The summed E-state index contributed by atoms with van der Waals surface area (Å²) in [5, 5.41) is 23.4. The molecular weight excluding hydrogens is 319 g/mol. The SMILES string of the molecule is N=C1C=C(C(F)(F)F)C=C/C1=N/[NH2+]c1c(O)ccc2ccccc12. The first-order chi connectivity index (χ1) is 11.4. The molecule has 0 saturated heterocycles. The maximum atomic E-state index is 12.6. The Bertz CT molecular complexity index is 911. The molecule has 0 fully saturated rings. The van der Waals surface area contributed by atoms with Gasteiger partial charge in [-0.1, -0.05) is 29.4 Å². The quantitative estimate of drug-likeness (QED) is 0.255. The van der Waals surface area contributed by atoms with Crippen molar-refractivity contribution in [1.82, 2.24) is 0 Å². The van der Waals surface area contributed by atoms with Gasteiger partial charge >= 0.3 is 6.18 Å². The molecule has 0 radical (unpaired) electrons. The molecule has 0 spiro atoms. The minimum Gasteiger partial charge on any atom is -0.503 e. The molecule has 7 heteroatoms. The van der Waals surface area contributed by atoms with Crippen LogP contribution in [-0.4, -0.2) is 22.7 Å². The van der Waals surface area contributed by atoms with E-state index in [4.69, 9.17) is 5.41 Å². The first-order valence-corrected chi connectivity index (χ1v) is 7.04. The van der Waals surface area contributed by atoms with Gasteiger partial charge in [0.1, 0.15) is 5.71 Å². The Morgan fingerprint density at radius 3 is 2.50 bits per heavy atom. The summed E-state index contributed by atoms with van der Waals surface area (Å²) in [4.78, 5) is 0. The average Bonchev–Trinajstić information content (AvgIpc) is 2.54. The fourth-order valence-corrected chi connectivity index (χ4v) is 2.38. The Morgan fingerprint density at radius 1 is 1.04 bits per heavy atom. The Balaban J connectivity index is 1.91. The molecule has 0 bridgehead atoms. The van der Waals surface area contributed by atoms with Crippen LogP contribution in [0.25, 0.3) is 10.8 Å². The molecule has 2 aromatic rings. The highest BCUT2D eigenvalue weighted by Crippen LogP contribution is 2.29. The number of nitrogens with two attached hydrogens (primary N) is 1. The van der Waals surface area contributed by atoms with Gasteiger partial charge in [0.25, 0.3) is 0 Å². The summed E-state index contributed by atoms with van der Waals surface area (Å²) in [6.45, 7) is 0. The molecule has 0 saturated carbocycles. The van der Waals surface area contributed by atoms with Gasteiger partial charge in [-0.25, -0.2) is 0 Å². The molecule has 0 atom stereocenters. The molecular formula is C17H13F3N3O+. The largest absolute Gasteiger partial charge is 0.503 e. The molecule has 122 valence electrons. The normalized spacial score (nSPS) is 16.7. The highest BCUT2D eigenvalue weighted by Gasteiger charge is 2.33. The van der Waals surface area contributed by atoms with Gasteiger partial charge in [0.2, 0.25) is 5.69 Å². The monoisotopic (exact) mass is 332 g/mol. The van der Waals surface area contributed by atoms with Crippen molar-refractivity contribution in [2.75, 3.05) is 0 Å². The van der Waals surface area contributed by atoms with Crippen LogP contribution in [0.4, 0.5) is 18.9 Å². The van der Waals surface area contributed by atoms with Crippen molar-refractivity contribution in [3.8, 4) is 5.75 Å². The molecule has 0 aromatic heterocycles. The van der Waals surface area contributed by atoms with Crippen molar-refractivity contribution in [1.29, 1.82) is 5.41 Å². The summed E-state index contributed by atoms with van der Waals surface area (Å²) in [7, 11) is 0. The number of alkyl halides is 3. The zero-order valence-electron chi connectivity index (χ0n) is 12.3. The number of halogens is 3. The number of allylic oxidation sites excluding steroid dienone is 4. The van der Waals surface area contributed by atoms with E-state index in [1.807, 2.05) is 24.3 Å². The zero-order valence-corrected chi connectivity index (χ0v) is 12.3. The fourth-order valence-electron chi connectivity index (χ4n) is 2.38. The third kappa shape index (κ3) is 3.07. The number of quaternary nitrogens is 1. The number of nitrogens with zero attached hydrogens (tertiary/aromatic N) is 1. The van der Waals surface area contributed by atoms with E-state index in [9.17, 15) is 18.3 Å². The number of aromatic hydroxyl groups is 1. The Morgan fingerprint density at radius 2 is 1.79 bits per heavy atom. The molecule has 24 heavy (non-hydrogen) atoms. The summed E-state index contributed by atoms with van der Waals surface area (Å²) >= 11 is 0. The van der Waals surface area contributed by atoms with E-state index < -0.39 is 11.7 Å². The van der Waals surface area contributed by atoms with Crippen LogP contribution in [0.5, 0.6) is 5.75 Å². The van der Waals surface area contributed by atoms with E-state index in [1.165, 1.54) is 11.5 Å². The number of rotatable bonds is 2. The number of hydrogen-bond acceptors (Lipinski definition) is 3. The topological polar surface area (TPSA) is 73.0 Å². The van der Waals surface area contributed by atoms with Crippen LogP contribution in [0.1, 0.15) is 0 Å². The predicted molar refractivity (Wildman–Crippen MR) is 85.6 cm³/mol. The maximum absolute atomic E-state index is 12.6. The Labute approximate surface area is 135 Å². The van der Waals surface area contributed by atoms with Crippen molar-refractivity contribution >= 4 is 27.9 Å². The van der Waals surface area contributed by atoms with E-state index in [-0.39, 0.29) is 17.2 Å². The number of nitrogens with one attached hydrogen (secondary N) is 1. The fraction of sp³-hybridized carbons (Fsp3) is 0.0588. The second kappa shape index (κ2) is 5.93. The van der Waals surface area contributed by atoms with E-state index in [0.29, 0.717) is 5.69 Å². The summed E-state index contributed by atoms with van der Waals surface area (Å²) in [5.41, 5.74) is 0.682. The van der Waals surface area contributed by atoms with Gasteiger partial charge in [0.05, 0.1) is 11.3 Å². The number of phenols is 1. The number of phenolic OH excluding ortho intramolecular Hbond substituents is 1. The highest BCUT2D eigenvalue weighted by atomic mass is 19.4. The summed E-state index contributed by atoms with van der Waals surface area (Å²) in [6, 6.07) is 10.6. The summed E-state index contributed by atoms with van der Waals surface area (Å²) in [6.07, 6.45) is -1.74. The lowest BCUT2D eigenvalue weighted by molar-refractivity contribution is -0.576. The molecule has 1 aliphatic carbocycles. The lowest BCUT2D eigenvalue weighted by Crippen LogP contribution is -2.72. The molecule has 4 nitrogen and oxygen atoms in total. The molecule has 3 rings (SSSR count). The van der Waals surface area contributed by atoms with E-state index >= 15 is 0 Å². The lowest BCUT2D eigenvalue weighted by atomic mass is 10.0. The van der Waals surface area contributed by atoms with Crippen molar-refractivity contribution < 1.29 is 23.7 Å². The van der Waals surface area contributed by atoms with Crippen LogP contribution in [-0.2, 0) is 0 Å². The van der Waals surface area contributed by atoms with Crippen molar-refractivity contribution in [2.45, 2.75) is 6.18 Å². The number of hydrogen-bond donors (Lipinski definition) is 3. The van der Waals surface area contributed by atoms with E-state index in [0.717, 1.165) is 29.0 Å². The number of fused-ring (bicyclic) bond motifs is 1.